The maximum absolute atomic E-state index is 12.3. The minimum Gasteiger partial charge on any atom is -0.494 e. The third kappa shape index (κ3) is 5.33. The molecule has 23 heavy (non-hydrogen) atoms. The Balaban J connectivity index is 1.98. The van der Waals surface area contributed by atoms with Crippen LogP contribution in [0.4, 0.5) is 5.69 Å². The van der Waals surface area contributed by atoms with Crippen molar-refractivity contribution in [1.82, 2.24) is 0 Å². The summed E-state index contributed by atoms with van der Waals surface area (Å²) in [6, 6.07) is 14.6. The maximum atomic E-state index is 12.3. The molecule has 0 aliphatic heterocycles. The largest absolute Gasteiger partial charge is 0.494 e. The molecule has 0 spiro atoms. The lowest BCUT2D eigenvalue weighted by Crippen LogP contribution is -2.12. The third-order valence-corrected chi connectivity index (χ3v) is 3.15. The normalized spacial score (nSPS) is 10.2. The Morgan fingerprint density at radius 3 is 2.22 bits per heavy atom. The van der Waals surface area contributed by atoms with Crippen molar-refractivity contribution >= 4 is 11.6 Å². The number of carbonyl (C=O) groups is 1. The lowest BCUT2D eigenvalue weighted by Gasteiger charge is -2.09. The van der Waals surface area contributed by atoms with E-state index in [4.69, 9.17) is 9.47 Å². The van der Waals surface area contributed by atoms with Gasteiger partial charge < -0.3 is 14.8 Å². The van der Waals surface area contributed by atoms with Crippen LogP contribution in [0.5, 0.6) is 11.5 Å². The van der Waals surface area contributed by atoms with E-state index < -0.39 is 0 Å². The first-order valence-electron chi connectivity index (χ1n) is 8.00. The van der Waals surface area contributed by atoms with Crippen LogP contribution in [0, 0.1) is 0 Å². The number of rotatable bonds is 8. The number of anilines is 1. The van der Waals surface area contributed by atoms with Crippen LogP contribution >= 0.6 is 0 Å². The smallest absolute Gasteiger partial charge is 0.255 e. The first kappa shape index (κ1) is 16.9. The minimum atomic E-state index is -0.158. The quantitative estimate of drug-likeness (QED) is 0.779. The van der Waals surface area contributed by atoms with Gasteiger partial charge in [-0.2, -0.15) is 0 Å². The zero-order valence-corrected chi connectivity index (χ0v) is 13.7. The van der Waals surface area contributed by atoms with Crippen LogP contribution in [0.1, 0.15) is 37.0 Å². The molecule has 0 unspecified atom stereocenters. The monoisotopic (exact) mass is 313 g/mol. The molecule has 122 valence electrons. The van der Waals surface area contributed by atoms with E-state index in [0.29, 0.717) is 24.5 Å². The number of ether oxygens (including phenoxy) is 2. The van der Waals surface area contributed by atoms with Gasteiger partial charge in [0.1, 0.15) is 11.5 Å². The summed E-state index contributed by atoms with van der Waals surface area (Å²) in [6.45, 7) is 5.44. The van der Waals surface area contributed by atoms with Gasteiger partial charge >= 0.3 is 0 Å². The predicted molar refractivity (Wildman–Crippen MR) is 92.4 cm³/mol. The minimum absolute atomic E-state index is 0.158. The molecule has 0 aliphatic rings. The summed E-state index contributed by atoms with van der Waals surface area (Å²) >= 11 is 0. The van der Waals surface area contributed by atoms with Gasteiger partial charge in [-0.15, -0.1) is 0 Å². The van der Waals surface area contributed by atoms with E-state index in [1.165, 1.54) is 0 Å². The van der Waals surface area contributed by atoms with Crippen LogP contribution in [0.25, 0.3) is 0 Å². The average Bonchev–Trinajstić information content (AvgIpc) is 2.59. The Bertz CT molecular complexity index is 623. The van der Waals surface area contributed by atoms with Gasteiger partial charge in [0.15, 0.2) is 0 Å². The molecule has 4 heteroatoms. The molecule has 0 heterocycles. The molecule has 0 bridgehead atoms. The number of hydrogen-bond donors (Lipinski definition) is 1. The van der Waals surface area contributed by atoms with Gasteiger partial charge in [-0.1, -0.05) is 19.9 Å². The van der Waals surface area contributed by atoms with Gasteiger partial charge in [0.2, 0.25) is 0 Å². The highest BCUT2D eigenvalue weighted by molar-refractivity contribution is 6.04. The number of amides is 1. The third-order valence-electron chi connectivity index (χ3n) is 3.15. The zero-order valence-electron chi connectivity index (χ0n) is 13.7. The van der Waals surface area contributed by atoms with E-state index in [0.717, 1.165) is 24.3 Å². The fourth-order valence-corrected chi connectivity index (χ4v) is 2.00. The highest BCUT2D eigenvalue weighted by Crippen LogP contribution is 2.18. The van der Waals surface area contributed by atoms with Crippen molar-refractivity contribution in [2.75, 3.05) is 18.5 Å². The van der Waals surface area contributed by atoms with Crippen molar-refractivity contribution < 1.29 is 14.3 Å². The van der Waals surface area contributed by atoms with Gasteiger partial charge in [-0.05, 0) is 55.3 Å². The molecule has 1 N–H and O–H groups in total. The Kier molecular flexibility index (Phi) is 6.48. The van der Waals surface area contributed by atoms with Gasteiger partial charge in [0.05, 0.1) is 13.2 Å². The molecule has 2 rings (SSSR count). The highest BCUT2D eigenvalue weighted by atomic mass is 16.5. The molecule has 0 aliphatic carbocycles. The molecular formula is C19H23NO3. The fraction of sp³-hybridized carbons (Fsp3) is 0.316. The van der Waals surface area contributed by atoms with Gasteiger partial charge in [-0.25, -0.2) is 0 Å². The molecule has 2 aromatic carbocycles. The summed E-state index contributed by atoms with van der Waals surface area (Å²) < 4.78 is 11.1. The van der Waals surface area contributed by atoms with Crippen LogP contribution in [0.15, 0.2) is 48.5 Å². The molecule has 0 radical (unpaired) electrons. The van der Waals surface area contributed by atoms with Crippen LogP contribution < -0.4 is 14.8 Å². The van der Waals surface area contributed by atoms with E-state index in [1.54, 1.807) is 12.1 Å². The van der Waals surface area contributed by atoms with Gasteiger partial charge in [-0.3, -0.25) is 4.79 Å². The summed E-state index contributed by atoms with van der Waals surface area (Å²) in [5, 5.41) is 2.87. The predicted octanol–water partition coefficient (Wildman–Crippen LogP) is 4.52. The van der Waals surface area contributed by atoms with Crippen LogP contribution in [-0.4, -0.2) is 19.1 Å². The first-order valence-corrected chi connectivity index (χ1v) is 8.00. The average molecular weight is 313 g/mol. The van der Waals surface area contributed by atoms with Crippen LogP contribution in [0.3, 0.4) is 0 Å². The molecule has 0 saturated carbocycles. The Morgan fingerprint density at radius 2 is 1.57 bits per heavy atom. The van der Waals surface area contributed by atoms with Crippen LogP contribution in [0.2, 0.25) is 0 Å². The molecule has 0 fully saturated rings. The molecule has 0 saturated heterocycles. The number of carbonyl (C=O) groups excluding carboxylic acids is 1. The number of nitrogens with one attached hydrogen (secondary N) is 1. The van der Waals surface area contributed by atoms with Crippen LogP contribution in [-0.2, 0) is 0 Å². The summed E-state index contributed by atoms with van der Waals surface area (Å²) in [5.74, 6) is 1.36. The van der Waals surface area contributed by atoms with Crippen molar-refractivity contribution in [3.05, 3.63) is 54.1 Å². The summed E-state index contributed by atoms with van der Waals surface area (Å²) in [5.41, 5.74) is 1.31. The van der Waals surface area contributed by atoms with E-state index in [1.807, 2.05) is 43.3 Å². The Labute approximate surface area is 137 Å². The lowest BCUT2D eigenvalue weighted by atomic mass is 10.2. The molecular weight excluding hydrogens is 290 g/mol. The molecule has 1 amide bonds. The second-order valence-corrected chi connectivity index (χ2v) is 5.20. The molecule has 0 aromatic heterocycles. The van der Waals surface area contributed by atoms with Crippen molar-refractivity contribution in [2.45, 2.75) is 26.7 Å². The molecule has 0 atom stereocenters. The second kappa shape index (κ2) is 8.83. The summed E-state index contributed by atoms with van der Waals surface area (Å²) in [4.78, 5) is 12.3. The second-order valence-electron chi connectivity index (χ2n) is 5.20. The fourth-order valence-electron chi connectivity index (χ4n) is 2.00. The SMILES string of the molecule is CCCOc1ccc(NC(=O)c2cccc(OCCC)c2)cc1. The van der Waals surface area contributed by atoms with Crippen molar-refractivity contribution in [2.24, 2.45) is 0 Å². The summed E-state index contributed by atoms with van der Waals surface area (Å²) in [6.07, 6.45) is 1.90. The Hall–Kier alpha value is -2.49. The molecule has 2 aromatic rings. The standard InChI is InChI=1S/C19H23NO3/c1-3-12-22-17-10-8-16(9-11-17)20-19(21)15-6-5-7-18(14-15)23-13-4-2/h5-11,14H,3-4,12-13H2,1-2H3,(H,20,21). The van der Waals surface area contributed by atoms with E-state index in [2.05, 4.69) is 12.2 Å². The van der Waals surface area contributed by atoms with Gasteiger partial charge in [0.25, 0.3) is 5.91 Å². The zero-order chi connectivity index (χ0) is 16.5. The van der Waals surface area contributed by atoms with E-state index >= 15 is 0 Å². The number of benzene rings is 2. The first-order chi connectivity index (χ1) is 11.2. The van der Waals surface area contributed by atoms with E-state index in [9.17, 15) is 4.79 Å². The topological polar surface area (TPSA) is 47.6 Å². The summed E-state index contributed by atoms with van der Waals surface area (Å²) in [7, 11) is 0. The lowest BCUT2D eigenvalue weighted by molar-refractivity contribution is 0.102. The molecule has 4 nitrogen and oxygen atoms in total. The van der Waals surface area contributed by atoms with Crippen molar-refractivity contribution in [1.29, 1.82) is 0 Å². The van der Waals surface area contributed by atoms with Crippen molar-refractivity contribution in [3.63, 3.8) is 0 Å². The van der Waals surface area contributed by atoms with Gasteiger partial charge in [0, 0.05) is 11.3 Å². The number of hydrogen-bond acceptors (Lipinski definition) is 3. The maximum Gasteiger partial charge on any atom is 0.255 e. The highest BCUT2D eigenvalue weighted by Gasteiger charge is 2.07. The van der Waals surface area contributed by atoms with E-state index in [-0.39, 0.29) is 5.91 Å². The van der Waals surface area contributed by atoms with Crippen molar-refractivity contribution in [3.8, 4) is 11.5 Å². The Morgan fingerprint density at radius 1 is 0.913 bits per heavy atom.